The van der Waals surface area contributed by atoms with Crippen LogP contribution in [0.15, 0.2) is 24.3 Å². The van der Waals surface area contributed by atoms with E-state index in [-0.39, 0.29) is 11.8 Å². The third kappa shape index (κ3) is 2.12. The van der Waals surface area contributed by atoms with E-state index in [1.165, 1.54) is 0 Å². The van der Waals surface area contributed by atoms with E-state index in [4.69, 9.17) is 4.74 Å². The third-order valence-corrected chi connectivity index (χ3v) is 2.20. The minimum atomic E-state index is -0.189. The maximum absolute atomic E-state index is 11.8. The molecule has 3 heteroatoms. The van der Waals surface area contributed by atoms with Crippen LogP contribution in [-0.2, 0) is 0 Å². The predicted octanol–water partition coefficient (Wildman–Crippen LogP) is 1.49. The monoisotopic (exact) mass is 193 g/mol. The van der Waals surface area contributed by atoms with Crippen LogP contribution in [0.3, 0.4) is 0 Å². The summed E-state index contributed by atoms with van der Waals surface area (Å²) in [5.41, 5.74) is 0.622. The SMILES string of the molecule is CN[C@@H](C)C(=O)c1ccccc1OC. The Bertz CT molecular complexity index is 323. The number of carbonyl (C=O) groups excluding carboxylic acids is 1. The van der Waals surface area contributed by atoms with Gasteiger partial charge in [-0.05, 0) is 26.1 Å². The Labute approximate surface area is 84.1 Å². The van der Waals surface area contributed by atoms with E-state index >= 15 is 0 Å². The van der Waals surface area contributed by atoms with Crippen molar-refractivity contribution in [1.82, 2.24) is 5.32 Å². The molecule has 0 aromatic heterocycles. The largest absolute Gasteiger partial charge is 0.496 e. The number of hydrogen-bond acceptors (Lipinski definition) is 3. The molecule has 1 N–H and O–H groups in total. The quantitative estimate of drug-likeness (QED) is 0.736. The molecule has 0 saturated heterocycles. The van der Waals surface area contributed by atoms with E-state index in [9.17, 15) is 4.79 Å². The van der Waals surface area contributed by atoms with E-state index in [1.54, 1.807) is 26.3 Å². The van der Waals surface area contributed by atoms with Crippen LogP contribution in [0.2, 0.25) is 0 Å². The molecule has 0 bridgehead atoms. The number of para-hydroxylation sites is 1. The Balaban J connectivity index is 3.00. The lowest BCUT2D eigenvalue weighted by Crippen LogP contribution is -2.30. The van der Waals surface area contributed by atoms with Gasteiger partial charge in [0.15, 0.2) is 5.78 Å². The molecule has 0 heterocycles. The zero-order chi connectivity index (χ0) is 10.6. The van der Waals surface area contributed by atoms with Crippen LogP contribution in [0.25, 0.3) is 0 Å². The lowest BCUT2D eigenvalue weighted by molar-refractivity contribution is 0.0952. The maximum atomic E-state index is 11.8. The van der Waals surface area contributed by atoms with Crippen LogP contribution in [0.5, 0.6) is 5.75 Å². The summed E-state index contributed by atoms with van der Waals surface area (Å²) in [5, 5.41) is 2.91. The molecule has 0 spiro atoms. The first-order valence-electron chi connectivity index (χ1n) is 4.55. The number of carbonyl (C=O) groups is 1. The second kappa shape index (κ2) is 4.77. The van der Waals surface area contributed by atoms with E-state index in [0.717, 1.165) is 0 Å². The lowest BCUT2D eigenvalue weighted by atomic mass is 10.0. The first-order valence-corrected chi connectivity index (χ1v) is 4.55. The molecule has 0 saturated carbocycles. The summed E-state index contributed by atoms with van der Waals surface area (Å²) >= 11 is 0. The Morgan fingerprint density at radius 2 is 2.07 bits per heavy atom. The van der Waals surface area contributed by atoms with Gasteiger partial charge < -0.3 is 10.1 Å². The van der Waals surface area contributed by atoms with Crippen LogP contribution < -0.4 is 10.1 Å². The molecule has 3 nitrogen and oxygen atoms in total. The zero-order valence-corrected chi connectivity index (χ0v) is 8.70. The second-order valence-electron chi connectivity index (χ2n) is 3.07. The summed E-state index contributed by atoms with van der Waals surface area (Å²) in [6.07, 6.45) is 0. The molecule has 0 fully saturated rings. The molecule has 0 radical (unpaired) electrons. The Kier molecular flexibility index (Phi) is 3.65. The van der Waals surface area contributed by atoms with Gasteiger partial charge in [-0.3, -0.25) is 4.79 Å². The molecular weight excluding hydrogens is 178 g/mol. The topological polar surface area (TPSA) is 38.3 Å². The fourth-order valence-electron chi connectivity index (χ4n) is 1.21. The van der Waals surface area contributed by atoms with Crippen LogP contribution in [-0.4, -0.2) is 26.0 Å². The minimum absolute atomic E-state index is 0.0463. The van der Waals surface area contributed by atoms with Crippen LogP contribution in [0.4, 0.5) is 0 Å². The lowest BCUT2D eigenvalue weighted by Gasteiger charge is -2.11. The van der Waals surface area contributed by atoms with Gasteiger partial charge in [0.25, 0.3) is 0 Å². The maximum Gasteiger partial charge on any atom is 0.183 e. The Hall–Kier alpha value is -1.35. The molecule has 0 aliphatic carbocycles. The van der Waals surface area contributed by atoms with Gasteiger partial charge in [0.05, 0.1) is 18.7 Å². The van der Waals surface area contributed by atoms with Gasteiger partial charge in [0, 0.05) is 0 Å². The molecule has 76 valence electrons. The van der Waals surface area contributed by atoms with E-state index in [1.807, 2.05) is 19.1 Å². The highest BCUT2D eigenvalue weighted by Gasteiger charge is 2.16. The number of ether oxygens (including phenoxy) is 1. The minimum Gasteiger partial charge on any atom is -0.496 e. The van der Waals surface area contributed by atoms with Crippen LogP contribution in [0, 0.1) is 0 Å². The van der Waals surface area contributed by atoms with Gasteiger partial charge in [-0.1, -0.05) is 12.1 Å². The van der Waals surface area contributed by atoms with Crippen molar-refractivity contribution in [2.45, 2.75) is 13.0 Å². The molecule has 0 amide bonds. The summed E-state index contributed by atoms with van der Waals surface area (Å²) in [7, 11) is 3.33. The molecular formula is C11H15NO2. The predicted molar refractivity (Wildman–Crippen MR) is 55.8 cm³/mol. The van der Waals surface area contributed by atoms with Crippen LogP contribution in [0.1, 0.15) is 17.3 Å². The van der Waals surface area contributed by atoms with Gasteiger partial charge in [0.2, 0.25) is 0 Å². The summed E-state index contributed by atoms with van der Waals surface area (Å²) in [6.45, 7) is 1.83. The molecule has 0 aliphatic rings. The summed E-state index contributed by atoms with van der Waals surface area (Å²) in [5.74, 6) is 0.671. The Morgan fingerprint density at radius 3 is 2.64 bits per heavy atom. The van der Waals surface area contributed by atoms with Crippen molar-refractivity contribution in [3.8, 4) is 5.75 Å². The van der Waals surface area contributed by atoms with Crippen molar-refractivity contribution in [3.63, 3.8) is 0 Å². The first kappa shape index (κ1) is 10.7. The van der Waals surface area contributed by atoms with Gasteiger partial charge in [0.1, 0.15) is 5.75 Å². The van der Waals surface area contributed by atoms with E-state index in [0.29, 0.717) is 11.3 Å². The molecule has 1 aromatic carbocycles. The van der Waals surface area contributed by atoms with Gasteiger partial charge >= 0.3 is 0 Å². The van der Waals surface area contributed by atoms with Crippen molar-refractivity contribution in [1.29, 1.82) is 0 Å². The summed E-state index contributed by atoms with van der Waals surface area (Å²) in [4.78, 5) is 11.8. The molecule has 0 unspecified atom stereocenters. The van der Waals surface area contributed by atoms with E-state index in [2.05, 4.69) is 5.32 Å². The average Bonchev–Trinajstić information content (AvgIpc) is 2.26. The number of nitrogens with one attached hydrogen (secondary N) is 1. The number of hydrogen-bond donors (Lipinski definition) is 1. The smallest absolute Gasteiger partial charge is 0.183 e. The molecule has 1 rings (SSSR count). The molecule has 1 aromatic rings. The van der Waals surface area contributed by atoms with Crippen molar-refractivity contribution in [2.24, 2.45) is 0 Å². The second-order valence-corrected chi connectivity index (χ2v) is 3.07. The van der Waals surface area contributed by atoms with E-state index < -0.39 is 0 Å². The number of rotatable bonds is 4. The normalized spacial score (nSPS) is 12.2. The van der Waals surface area contributed by atoms with Crippen molar-refractivity contribution in [2.75, 3.05) is 14.2 Å². The molecule has 1 atom stereocenters. The highest BCUT2D eigenvalue weighted by Crippen LogP contribution is 2.18. The van der Waals surface area contributed by atoms with Gasteiger partial charge in [-0.25, -0.2) is 0 Å². The van der Waals surface area contributed by atoms with Crippen molar-refractivity contribution >= 4 is 5.78 Å². The number of Topliss-reactive ketones (excluding diaryl/α,β-unsaturated/α-hetero) is 1. The van der Waals surface area contributed by atoms with Crippen molar-refractivity contribution < 1.29 is 9.53 Å². The molecule has 0 aliphatic heterocycles. The standard InChI is InChI=1S/C11H15NO2/c1-8(12-2)11(13)9-6-4-5-7-10(9)14-3/h4-8,12H,1-3H3/t8-/m0/s1. The summed E-state index contributed by atoms with van der Waals surface area (Å²) in [6, 6.07) is 7.05. The highest BCUT2D eigenvalue weighted by atomic mass is 16.5. The third-order valence-electron chi connectivity index (χ3n) is 2.20. The fourth-order valence-corrected chi connectivity index (χ4v) is 1.21. The van der Waals surface area contributed by atoms with Crippen LogP contribution >= 0.6 is 0 Å². The fraction of sp³-hybridized carbons (Fsp3) is 0.364. The number of likely N-dealkylation sites (N-methyl/N-ethyl adjacent to an activating group) is 1. The molecule has 14 heavy (non-hydrogen) atoms. The summed E-state index contributed by atoms with van der Waals surface area (Å²) < 4.78 is 5.11. The average molecular weight is 193 g/mol. The zero-order valence-electron chi connectivity index (χ0n) is 8.70. The highest BCUT2D eigenvalue weighted by molar-refractivity contribution is 6.02. The number of benzene rings is 1. The first-order chi connectivity index (χ1) is 6.70. The Morgan fingerprint density at radius 1 is 1.43 bits per heavy atom. The number of ketones is 1. The van der Waals surface area contributed by atoms with Gasteiger partial charge in [-0.15, -0.1) is 0 Å². The van der Waals surface area contributed by atoms with Crippen molar-refractivity contribution in [3.05, 3.63) is 29.8 Å². The number of methoxy groups -OCH3 is 1. The van der Waals surface area contributed by atoms with Gasteiger partial charge in [-0.2, -0.15) is 0 Å².